The van der Waals surface area contributed by atoms with E-state index in [0.717, 1.165) is 12.8 Å². The molecule has 2 heterocycles. The molecule has 2 saturated heterocycles. The van der Waals surface area contributed by atoms with Crippen molar-refractivity contribution in [2.45, 2.75) is 25.3 Å². The lowest BCUT2D eigenvalue weighted by molar-refractivity contribution is -0.125. The smallest absolute Gasteiger partial charge is 0.321 e. The van der Waals surface area contributed by atoms with E-state index < -0.39 is 5.82 Å². The molecule has 2 fully saturated rings. The van der Waals surface area contributed by atoms with Crippen LogP contribution >= 0.6 is 0 Å². The van der Waals surface area contributed by atoms with Gasteiger partial charge in [0.1, 0.15) is 5.82 Å². The second kappa shape index (κ2) is 5.71. The molecule has 5 nitrogen and oxygen atoms in total. The van der Waals surface area contributed by atoms with Gasteiger partial charge in [-0.2, -0.15) is 0 Å². The first-order valence-electron chi connectivity index (χ1n) is 7.23. The minimum Gasteiger partial charge on any atom is -0.353 e. The van der Waals surface area contributed by atoms with E-state index in [1.807, 2.05) is 0 Å². The predicted molar refractivity (Wildman–Crippen MR) is 76.3 cm³/mol. The Kier molecular flexibility index (Phi) is 3.77. The summed E-state index contributed by atoms with van der Waals surface area (Å²) in [7, 11) is 0. The molecule has 3 rings (SSSR count). The van der Waals surface area contributed by atoms with Gasteiger partial charge in [-0.05, 0) is 30.9 Å². The van der Waals surface area contributed by atoms with Crippen LogP contribution in [-0.4, -0.2) is 36.0 Å². The molecule has 2 aliphatic rings. The van der Waals surface area contributed by atoms with Gasteiger partial charge in [-0.15, -0.1) is 0 Å². The Labute approximate surface area is 122 Å². The molecule has 0 aliphatic carbocycles. The highest BCUT2D eigenvalue weighted by molar-refractivity contribution is 5.89. The van der Waals surface area contributed by atoms with Gasteiger partial charge in [0.2, 0.25) is 5.91 Å². The molecule has 6 heteroatoms. The quantitative estimate of drug-likeness (QED) is 0.831. The van der Waals surface area contributed by atoms with Crippen LogP contribution in [0.15, 0.2) is 24.3 Å². The summed E-state index contributed by atoms with van der Waals surface area (Å²) >= 11 is 0. The summed E-state index contributed by atoms with van der Waals surface area (Å²) < 4.78 is 13.5. The Morgan fingerprint density at radius 2 is 2.14 bits per heavy atom. The molecule has 1 aromatic rings. The van der Waals surface area contributed by atoms with Crippen LogP contribution in [0.3, 0.4) is 0 Å². The lowest BCUT2D eigenvalue weighted by Gasteiger charge is -2.41. The number of rotatable bonds is 1. The molecule has 0 radical (unpaired) electrons. The monoisotopic (exact) mass is 291 g/mol. The zero-order valence-corrected chi connectivity index (χ0v) is 11.6. The van der Waals surface area contributed by atoms with Gasteiger partial charge in [0, 0.05) is 25.6 Å². The van der Waals surface area contributed by atoms with Crippen LogP contribution < -0.4 is 10.6 Å². The van der Waals surface area contributed by atoms with E-state index in [2.05, 4.69) is 10.6 Å². The molecule has 2 N–H and O–H groups in total. The van der Waals surface area contributed by atoms with Crippen molar-refractivity contribution in [3.63, 3.8) is 0 Å². The average molecular weight is 291 g/mol. The molecule has 0 bridgehead atoms. The highest BCUT2D eigenvalue weighted by Gasteiger charge is 2.35. The number of benzene rings is 1. The van der Waals surface area contributed by atoms with Gasteiger partial charge in [-0.3, -0.25) is 4.79 Å². The maximum Gasteiger partial charge on any atom is 0.321 e. The molecule has 2 aliphatic heterocycles. The number of halogens is 1. The molecular weight excluding hydrogens is 273 g/mol. The first-order valence-corrected chi connectivity index (χ1v) is 7.23. The minimum atomic E-state index is -0.439. The molecule has 3 amide bonds. The largest absolute Gasteiger partial charge is 0.353 e. The van der Waals surface area contributed by atoms with Crippen LogP contribution in [-0.2, 0) is 4.79 Å². The topological polar surface area (TPSA) is 61.4 Å². The molecule has 21 heavy (non-hydrogen) atoms. The van der Waals surface area contributed by atoms with Crippen molar-refractivity contribution in [3.8, 4) is 0 Å². The Morgan fingerprint density at radius 3 is 2.95 bits per heavy atom. The number of hydrogen-bond acceptors (Lipinski definition) is 2. The van der Waals surface area contributed by atoms with Crippen LogP contribution in [0, 0.1) is 11.7 Å². The van der Waals surface area contributed by atoms with Gasteiger partial charge < -0.3 is 15.5 Å². The van der Waals surface area contributed by atoms with E-state index in [1.54, 1.807) is 23.1 Å². The fraction of sp³-hybridized carbons (Fsp3) is 0.467. The first-order chi connectivity index (χ1) is 10.1. The Balaban J connectivity index is 1.62. The van der Waals surface area contributed by atoms with Gasteiger partial charge in [-0.1, -0.05) is 12.1 Å². The highest BCUT2D eigenvalue weighted by Crippen LogP contribution is 2.26. The number of likely N-dealkylation sites (tertiary alicyclic amines) is 1. The van der Waals surface area contributed by atoms with Crippen LogP contribution in [0.5, 0.6) is 0 Å². The number of anilines is 1. The van der Waals surface area contributed by atoms with E-state index in [9.17, 15) is 14.0 Å². The Hall–Kier alpha value is -2.11. The summed E-state index contributed by atoms with van der Waals surface area (Å²) in [5.41, 5.74) is 0.196. The fourth-order valence-corrected chi connectivity index (χ4v) is 3.05. The molecule has 1 aromatic carbocycles. The number of para-hydroxylation sites is 1. The van der Waals surface area contributed by atoms with Crippen LogP contribution in [0.4, 0.5) is 14.9 Å². The Morgan fingerprint density at radius 1 is 1.33 bits per heavy atom. The zero-order valence-electron chi connectivity index (χ0n) is 11.6. The number of nitrogens with one attached hydrogen (secondary N) is 2. The van der Waals surface area contributed by atoms with Crippen molar-refractivity contribution in [1.29, 1.82) is 0 Å². The third kappa shape index (κ3) is 2.99. The maximum atomic E-state index is 13.5. The molecule has 2 unspecified atom stereocenters. The van der Waals surface area contributed by atoms with Gasteiger partial charge in [0.25, 0.3) is 0 Å². The highest BCUT2D eigenvalue weighted by atomic mass is 19.1. The van der Waals surface area contributed by atoms with Gasteiger partial charge >= 0.3 is 6.03 Å². The minimum absolute atomic E-state index is 0.0977. The number of amides is 3. The van der Waals surface area contributed by atoms with E-state index >= 15 is 0 Å². The zero-order chi connectivity index (χ0) is 14.8. The van der Waals surface area contributed by atoms with Crippen molar-refractivity contribution < 1.29 is 14.0 Å². The third-order valence-corrected chi connectivity index (χ3v) is 4.23. The molecule has 112 valence electrons. The first kappa shape index (κ1) is 13.9. The number of hydrogen-bond donors (Lipinski definition) is 2. The van der Waals surface area contributed by atoms with E-state index in [-0.39, 0.29) is 23.7 Å². The maximum absolute atomic E-state index is 13.5. The van der Waals surface area contributed by atoms with Crippen molar-refractivity contribution in [2.24, 2.45) is 5.92 Å². The third-order valence-electron chi connectivity index (χ3n) is 4.23. The second-order valence-electron chi connectivity index (χ2n) is 5.62. The predicted octanol–water partition coefficient (Wildman–Crippen LogP) is 1.96. The summed E-state index contributed by atoms with van der Waals surface area (Å²) in [4.78, 5) is 25.3. The summed E-state index contributed by atoms with van der Waals surface area (Å²) in [6, 6.07) is 6.02. The summed E-state index contributed by atoms with van der Waals surface area (Å²) in [5.74, 6) is -0.0472. The van der Waals surface area contributed by atoms with Gasteiger partial charge in [0.05, 0.1) is 5.69 Å². The summed E-state index contributed by atoms with van der Waals surface area (Å²) in [5, 5.41) is 5.59. The number of carbonyl (C=O) groups excluding carboxylic acids is 2. The second-order valence-corrected chi connectivity index (χ2v) is 5.62. The van der Waals surface area contributed by atoms with Crippen LogP contribution in [0.25, 0.3) is 0 Å². The van der Waals surface area contributed by atoms with E-state index in [4.69, 9.17) is 0 Å². The molecule has 0 spiro atoms. The Bertz CT molecular complexity index is 564. The normalized spacial score (nSPS) is 25.0. The molecule has 0 saturated carbocycles. The number of carbonyl (C=O) groups is 2. The van der Waals surface area contributed by atoms with E-state index in [1.165, 1.54) is 6.07 Å². The summed E-state index contributed by atoms with van der Waals surface area (Å²) in [6.07, 6.45) is 2.07. The van der Waals surface area contributed by atoms with Crippen molar-refractivity contribution >= 4 is 17.6 Å². The standard InChI is InChI=1S/C15H18FN3O2/c16-11-3-1-2-4-13(11)18-15(21)19-8-7-12-10(9-19)5-6-14(20)17-12/h1-4,10,12H,5-9H2,(H,17,20)(H,18,21). The number of nitrogens with zero attached hydrogens (tertiary/aromatic N) is 1. The SMILES string of the molecule is O=C1CCC2CN(C(=O)Nc3ccccc3F)CCC2N1. The molecule has 0 aromatic heterocycles. The lowest BCUT2D eigenvalue weighted by Crippen LogP contribution is -2.55. The number of urea groups is 1. The van der Waals surface area contributed by atoms with Crippen molar-refractivity contribution in [3.05, 3.63) is 30.1 Å². The van der Waals surface area contributed by atoms with Gasteiger partial charge in [0.15, 0.2) is 0 Å². The fourth-order valence-electron chi connectivity index (χ4n) is 3.05. The van der Waals surface area contributed by atoms with Crippen molar-refractivity contribution in [1.82, 2.24) is 10.2 Å². The number of fused-ring (bicyclic) bond motifs is 1. The molecule has 2 atom stereocenters. The van der Waals surface area contributed by atoms with Crippen molar-refractivity contribution in [2.75, 3.05) is 18.4 Å². The molecular formula is C15H18FN3O2. The summed E-state index contributed by atoms with van der Waals surface area (Å²) in [6.45, 7) is 1.17. The lowest BCUT2D eigenvalue weighted by atomic mass is 9.85. The number of piperidine rings is 2. The van der Waals surface area contributed by atoms with Crippen LogP contribution in [0.1, 0.15) is 19.3 Å². The van der Waals surface area contributed by atoms with Gasteiger partial charge in [-0.25, -0.2) is 9.18 Å². The van der Waals surface area contributed by atoms with Crippen LogP contribution in [0.2, 0.25) is 0 Å². The van der Waals surface area contributed by atoms with E-state index in [0.29, 0.717) is 25.4 Å². The average Bonchev–Trinajstić information content (AvgIpc) is 2.49.